The van der Waals surface area contributed by atoms with E-state index in [0.717, 1.165) is 25.2 Å². The van der Waals surface area contributed by atoms with Gasteiger partial charge in [0.2, 0.25) is 0 Å². The van der Waals surface area contributed by atoms with E-state index in [2.05, 4.69) is 36.0 Å². The van der Waals surface area contributed by atoms with Gasteiger partial charge in [-0.2, -0.15) is 0 Å². The van der Waals surface area contributed by atoms with E-state index in [9.17, 15) is 0 Å². The topological polar surface area (TPSA) is 59.3 Å². The first kappa shape index (κ1) is 11.0. The summed E-state index contributed by atoms with van der Waals surface area (Å²) in [5, 5.41) is 0. The van der Waals surface area contributed by atoms with E-state index in [1.807, 2.05) is 0 Å². The van der Waals surface area contributed by atoms with Crippen LogP contribution in [0.3, 0.4) is 0 Å². The van der Waals surface area contributed by atoms with Gasteiger partial charge in [-0.15, -0.1) is 0 Å². The molecule has 0 amide bonds. The molecule has 0 radical (unpaired) electrons. The van der Waals surface area contributed by atoms with Crippen LogP contribution >= 0.6 is 0 Å². The Morgan fingerprint density at radius 1 is 1.35 bits per heavy atom. The minimum Gasteiger partial charge on any atom is -0.493 e. The van der Waals surface area contributed by atoms with Crippen LogP contribution < -0.4 is 21.3 Å². The van der Waals surface area contributed by atoms with E-state index in [1.165, 1.54) is 11.1 Å². The highest BCUT2D eigenvalue weighted by Crippen LogP contribution is 2.29. The van der Waals surface area contributed by atoms with E-state index in [1.54, 1.807) is 0 Å². The standard InChI is InChI=1S/C13H19N3O/c1-8-12(14)13(16-15-8)10-4-5-11-9(7-10)3-2-6-17-11/h4-5,7-8,12-13,15-16H,2-3,6,14H2,1H3. The molecule has 92 valence electrons. The average molecular weight is 233 g/mol. The fourth-order valence-electron chi connectivity index (χ4n) is 2.58. The highest BCUT2D eigenvalue weighted by atomic mass is 16.5. The maximum atomic E-state index is 6.17. The van der Waals surface area contributed by atoms with Crippen LogP contribution in [0.5, 0.6) is 5.75 Å². The molecule has 17 heavy (non-hydrogen) atoms. The van der Waals surface area contributed by atoms with Crippen LogP contribution in [0, 0.1) is 0 Å². The van der Waals surface area contributed by atoms with E-state index < -0.39 is 0 Å². The number of hydrazine groups is 1. The fraction of sp³-hybridized carbons (Fsp3) is 0.538. The minimum absolute atomic E-state index is 0.109. The Labute approximate surface area is 101 Å². The summed E-state index contributed by atoms with van der Waals surface area (Å²) >= 11 is 0. The second kappa shape index (κ2) is 4.29. The smallest absolute Gasteiger partial charge is 0.122 e. The van der Waals surface area contributed by atoms with Crippen LogP contribution in [0.25, 0.3) is 0 Å². The van der Waals surface area contributed by atoms with E-state index in [-0.39, 0.29) is 12.1 Å². The first-order chi connectivity index (χ1) is 8.25. The number of benzene rings is 1. The largest absolute Gasteiger partial charge is 0.493 e. The molecule has 4 N–H and O–H groups in total. The van der Waals surface area contributed by atoms with Crippen LogP contribution in [-0.4, -0.2) is 18.7 Å². The van der Waals surface area contributed by atoms with E-state index in [4.69, 9.17) is 10.5 Å². The van der Waals surface area contributed by atoms with Crippen molar-refractivity contribution >= 4 is 0 Å². The Kier molecular flexibility index (Phi) is 2.78. The van der Waals surface area contributed by atoms with Crippen molar-refractivity contribution in [1.29, 1.82) is 0 Å². The van der Waals surface area contributed by atoms with Crippen LogP contribution in [0.2, 0.25) is 0 Å². The lowest BCUT2D eigenvalue weighted by Gasteiger charge is -2.21. The third-order valence-electron chi connectivity index (χ3n) is 3.72. The number of hydrogen-bond donors (Lipinski definition) is 3. The summed E-state index contributed by atoms with van der Waals surface area (Å²) in [5.74, 6) is 1.03. The Morgan fingerprint density at radius 2 is 2.24 bits per heavy atom. The average Bonchev–Trinajstić information content (AvgIpc) is 2.70. The van der Waals surface area contributed by atoms with E-state index in [0.29, 0.717) is 6.04 Å². The summed E-state index contributed by atoms with van der Waals surface area (Å²) < 4.78 is 5.62. The molecule has 0 spiro atoms. The summed E-state index contributed by atoms with van der Waals surface area (Å²) in [7, 11) is 0. The minimum atomic E-state index is 0.109. The van der Waals surface area contributed by atoms with Gasteiger partial charge in [-0.3, -0.25) is 5.43 Å². The lowest BCUT2D eigenvalue weighted by atomic mass is 9.94. The number of nitrogens with one attached hydrogen (secondary N) is 2. The fourth-order valence-corrected chi connectivity index (χ4v) is 2.58. The van der Waals surface area contributed by atoms with Crippen molar-refractivity contribution in [3.8, 4) is 5.75 Å². The highest BCUT2D eigenvalue weighted by Gasteiger charge is 2.31. The van der Waals surface area contributed by atoms with Gasteiger partial charge in [0.25, 0.3) is 0 Å². The zero-order chi connectivity index (χ0) is 11.8. The molecule has 4 nitrogen and oxygen atoms in total. The molecular weight excluding hydrogens is 214 g/mol. The van der Waals surface area contributed by atoms with Gasteiger partial charge in [0, 0.05) is 12.1 Å². The van der Waals surface area contributed by atoms with Gasteiger partial charge in [0.05, 0.1) is 12.6 Å². The number of ether oxygens (including phenoxy) is 1. The molecule has 1 aromatic carbocycles. The van der Waals surface area contributed by atoms with Gasteiger partial charge in [-0.25, -0.2) is 5.43 Å². The predicted octanol–water partition coefficient (Wildman–Crippen LogP) is 0.876. The summed E-state index contributed by atoms with van der Waals surface area (Å²) in [5.41, 5.74) is 15.2. The quantitative estimate of drug-likeness (QED) is 0.674. The van der Waals surface area contributed by atoms with Crippen LogP contribution in [0.4, 0.5) is 0 Å². The zero-order valence-corrected chi connectivity index (χ0v) is 10.1. The molecule has 2 aliphatic rings. The zero-order valence-electron chi connectivity index (χ0n) is 10.1. The van der Waals surface area contributed by atoms with Crippen molar-refractivity contribution < 1.29 is 4.74 Å². The Balaban J connectivity index is 1.88. The summed E-state index contributed by atoms with van der Waals surface area (Å²) in [6.07, 6.45) is 2.21. The molecule has 3 atom stereocenters. The third kappa shape index (κ3) is 1.92. The molecular formula is C13H19N3O. The molecule has 0 saturated carbocycles. The van der Waals surface area contributed by atoms with Gasteiger partial charge in [-0.1, -0.05) is 12.1 Å². The second-order valence-electron chi connectivity index (χ2n) is 4.95. The number of fused-ring (bicyclic) bond motifs is 1. The Hall–Kier alpha value is -1.10. The molecule has 0 bridgehead atoms. The molecule has 1 saturated heterocycles. The summed E-state index contributed by atoms with van der Waals surface area (Å²) in [6.45, 7) is 2.94. The van der Waals surface area contributed by atoms with Crippen LogP contribution in [0.15, 0.2) is 18.2 Å². The molecule has 4 heteroatoms. The molecule has 2 aliphatic heterocycles. The van der Waals surface area contributed by atoms with Crippen molar-refractivity contribution in [3.63, 3.8) is 0 Å². The number of hydrogen-bond acceptors (Lipinski definition) is 4. The van der Waals surface area contributed by atoms with Gasteiger partial charge in [0.1, 0.15) is 5.75 Å². The van der Waals surface area contributed by atoms with Crippen molar-refractivity contribution in [2.24, 2.45) is 5.73 Å². The second-order valence-corrected chi connectivity index (χ2v) is 4.95. The van der Waals surface area contributed by atoms with E-state index >= 15 is 0 Å². The highest BCUT2D eigenvalue weighted by molar-refractivity contribution is 5.40. The van der Waals surface area contributed by atoms with Crippen molar-refractivity contribution in [1.82, 2.24) is 10.9 Å². The summed E-state index contributed by atoms with van der Waals surface area (Å²) in [6, 6.07) is 7.01. The maximum absolute atomic E-state index is 6.17. The lowest BCUT2D eigenvalue weighted by molar-refractivity contribution is 0.288. The van der Waals surface area contributed by atoms with Gasteiger partial charge in [-0.05, 0) is 37.0 Å². The first-order valence-electron chi connectivity index (χ1n) is 6.28. The first-order valence-corrected chi connectivity index (χ1v) is 6.28. The van der Waals surface area contributed by atoms with Crippen LogP contribution in [-0.2, 0) is 6.42 Å². The maximum Gasteiger partial charge on any atom is 0.122 e. The molecule has 3 unspecified atom stereocenters. The molecule has 1 fully saturated rings. The van der Waals surface area contributed by atoms with Gasteiger partial charge < -0.3 is 10.5 Å². The predicted molar refractivity (Wildman–Crippen MR) is 66.7 cm³/mol. The van der Waals surface area contributed by atoms with Gasteiger partial charge >= 0.3 is 0 Å². The Bertz CT molecular complexity index is 421. The SMILES string of the molecule is CC1NNC(c2ccc3c(c2)CCCO3)C1N. The Morgan fingerprint density at radius 3 is 3.00 bits per heavy atom. The lowest BCUT2D eigenvalue weighted by Crippen LogP contribution is -2.35. The molecule has 1 aromatic rings. The normalized spacial score (nSPS) is 32.0. The van der Waals surface area contributed by atoms with Crippen molar-refractivity contribution in [2.45, 2.75) is 37.9 Å². The molecule has 2 heterocycles. The monoisotopic (exact) mass is 233 g/mol. The summed E-state index contributed by atoms with van der Waals surface area (Å²) in [4.78, 5) is 0. The number of rotatable bonds is 1. The molecule has 0 aliphatic carbocycles. The molecule has 0 aromatic heterocycles. The molecule has 3 rings (SSSR count). The van der Waals surface area contributed by atoms with Crippen LogP contribution in [0.1, 0.15) is 30.5 Å². The van der Waals surface area contributed by atoms with Crippen molar-refractivity contribution in [2.75, 3.05) is 6.61 Å². The van der Waals surface area contributed by atoms with Crippen molar-refractivity contribution in [3.05, 3.63) is 29.3 Å². The number of aryl methyl sites for hydroxylation is 1. The number of nitrogens with two attached hydrogens (primary N) is 1. The van der Waals surface area contributed by atoms with Gasteiger partial charge in [0.15, 0.2) is 0 Å². The third-order valence-corrected chi connectivity index (χ3v) is 3.72.